The molecule has 0 aliphatic heterocycles. The average Bonchev–Trinajstić information content (AvgIpc) is 1.99. The van der Waals surface area contributed by atoms with Crippen molar-refractivity contribution >= 4 is 6.21 Å². The first kappa shape index (κ1) is 8.52. The van der Waals surface area contributed by atoms with Crippen LogP contribution in [0.25, 0.3) is 0 Å². The standard InChI is InChI=1S/C8H8FNO2/c1-12-10-5-6-2-7(9)4-8(11)3-6/h2-5,11H,1H3/b10-5+. The van der Waals surface area contributed by atoms with Gasteiger partial charge in [-0.05, 0) is 12.1 Å². The Kier molecular flexibility index (Phi) is 2.63. The maximum absolute atomic E-state index is 12.6. The molecule has 0 fully saturated rings. The van der Waals surface area contributed by atoms with Gasteiger partial charge in [0.2, 0.25) is 0 Å². The van der Waals surface area contributed by atoms with Crippen LogP contribution < -0.4 is 0 Å². The van der Waals surface area contributed by atoms with Crippen LogP contribution in [0.15, 0.2) is 23.4 Å². The summed E-state index contributed by atoms with van der Waals surface area (Å²) in [6.07, 6.45) is 1.31. The molecular formula is C8H8FNO2. The molecule has 1 aromatic rings. The molecule has 0 atom stereocenters. The zero-order valence-corrected chi connectivity index (χ0v) is 6.49. The number of rotatable bonds is 2. The van der Waals surface area contributed by atoms with E-state index in [1.165, 1.54) is 25.5 Å². The quantitative estimate of drug-likeness (QED) is 0.538. The highest BCUT2D eigenvalue weighted by molar-refractivity contribution is 5.79. The van der Waals surface area contributed by atoms with Gasteiger partial charge in [0, 0.05) is 11.6 Å². The van der Waals surface area contributed by atoms with Gasteiger partial charge in [0.25, 0.3) is 0 Å². The highest BCUT2D eigenvalue weighted by atomic mass is 19.1. The predicted molar refractivity (Wildman–Crippen MR) is 42.7 cm³/mol. The molecule has 1 aromatic carbocycles. The second-order valence-corrected chi connectivity index (χ2v) is 2.16. The molecule has 4 heteroatoms. The second-order valence-electron chi connectivity index (χ2n) is 2.16. The molecule has 0 aromatic heterocycles. The van der Waals surface area contributed by atoms with Gasteiger partial charge in [0.1, 0.15) is 18.7 Å². The largest absolute Gasteiger partial charge is 0.508 e. The first-order valence-electron chi connectivity index (χ1n) is 3.28. The minimum atomic E-state index is -0.507. The lowest BCUT2D eigenvalue weighted by atomic mass is 10.2. The van der Waals surface area contributed by atoms with Crippen molar-refractivity contribution in [3.05, 3.63) is 29.6 Å². The minimum absolute atomic E-state index is 0.132. The van der Waals surface area contributed by atoms with Crippen LogP contribution in [-0.4, -0.2) is 18.4 Å². The zero-order chi connectivity index (χ0) is 8.97. The molecular weight excluding hydrogens is 161 g/mol. The van der Waals surface area contributed by atoms with E-state index in [-0.39, 0.29) is 5.75 Å². The number of halogens is 1. The van der Waals surface area contributed by atoms with Gasteiger partial charge >= 0.3 is 0 Å². The van der Waals surface area contributed by atoms with Crippen molar-refractivity contribution in [3.8, 4) is 5.75 Å². The smallest absolute Gasteiger partial charge is 0.127 e. The number of nitrogens with zero attached hydrogens (tertiary/aromatic N) is 1. The van der Waals surface area contributed by atoms with Crippen LogP contribution in [-0.2, 0) is 4.84 Å². The third kappa shape index (κ3) is 2.23. The second kappa shape index (κ2) is 3.71. The Bertz CT molecular complexity index is 279. The lowest BCUT2D eigenvalue weighted by molar-refractivity contribution is 0.215. The topological polar surface area (TPSA) is 41.8 Å². The highest BCUT2D eigenvalue weighted by Crippen LogP contribution is 2.12. The molecule has 0 saturated carbocycles. The minimum Gasteiger partial charge on any atom is -0.508 e. The molecule has 0 aliphatic carbocycles. The molecule has 0 spiro atoms. The van der Waals surface area contributed by atoms with Crippen molar-refractivity contribution in [2.75, 3.05) is 7.11 Å². The number of phenolic OH excluding ortho intramolecular Hbond substituents is 1. The van der Waals surface area contributed by atoms with E-state index in [9.17, 15) is 4.39 Å². The Morgan fingerprint density at radius 3 is 2.83 bits per heavy atom. The molecule has 0 amide bonds. The number of hydrogen-bond donors (Lipinski definition) is 1. The lowest BCUT2D eigenvalue weighted by Gasteiger charge is -1.95. The first-order chi connectivity index (χ1) is 5.72. The van der Waals surface area contributed by atoms with E-state index < -0.39 is 5.82 Å². The van der Waals surface area contributed by atoms with Gasteiger partial charge in [0.05, 0.1) is 6.21 Å². The Morgan fingerprint density at radius 1 is 1.50 bits per heavy atom. The van der Waals surface area contributed by atoms with Crippen LogP contribution in [0.2, 0.25) is 0 Å². The summed E-state index contributed by atoms with van der Waals surface area (Å²) in [7, 11) is 1.38. The predicted octanol–water partition coefficient (Wildman–Crippen LogP) is 1.51. The molecule has 0 unspecified atom stereocenters. The fourth-order valence-corrected chi connectivity index (χ4v) is 0.784. The Labute approximate surface area is 69.1 Å². The summed E-state index contributed by atoms with van der Waals surface area (Å²) in [5, 5.41) is 12.4. The van der Waals surface area contributed by atoms with E-state index in [0.717, 1.165) is 6.07 Å². The van der Waals surface area contributed by atoms with Crippen molar-refractivity contribution in [1.82, 2.24) is 0 Å². The van der Waals surface area contributed by atoms with E-state index in [2.05, 4.69) is 9.99 Å². The van der Waals surface area contributed by atoms with Gasteiger partial charge in [0.15, 0.2) is 0 Å². The highest BCUT2D eigenvalue weighted by Gasteiger charge is 1.96. The molecule has 1 N–H and O–H groups in total. The van der Waals surface area contributed by atoms with Crippen LogP contribution in [0.4, 0.5) is 4.39 Å². The summed E-state index contributed by atoms with van der Waals surface area (Å²) < 4.78 is 12.6. The van der Waals surface area contributed by atoms with Gasteiger partial charge in [-0.1, -0.05) is 5.16 Å². The van der Waals surface area contributed by atoms with E-state index in [1.807, 2.05) is 0 Å². The lowest BCUT2D eigenvalue weighted by Crippen LogP contribution is -1.84. The van der Waals surface area contributed by atoms with Crippen molar-refractivity contribution in [2.24, 2.45) is 5.16 Å². The van der Waals surface area contributed by atoms with E-state index >= 15 is 0 Å². The number of oxime groups is 1. The molecule has 0 heterocycles. The number of hydrogen-bond acceptors (Lipinski definition) is 3. The van der Waals surface area contributed by atoms with E-state index in [0.29, 0.717) is 5.56 Å². The maximum atomic E-state index is 12.6. The number of benzene rings is 1. The molecule has 0 bridgehead atoms. The van der Waals surface area contributed by atoms with E-state index in [1.54, 1.807) is 0 Å². The average molecular weight is 169 g/mol. The number of phenols is 1. The summed E-state index contributed by atoms with van der Waals surface area (Å²) in [5.41, 5.74) is 0.453. The zero-order valence-electron chi connectivity index (χ0n) is 6.49. The van der Waals surface area contributed by atoms with Crippen LogP contribution >= 0.6 is 0 Å². The van der Waals surface area contributed by atoms with Crippen molar-refractivity contribution in [3.63, 3.8) is 0 Å². The fraction of sp³-hybridized carbons (Fsp3) is 0.125. The summed E-state index contributed by atoms with van der Waals surface area (Å²) in [4.78, 5) is 4.39. The summed E-state index contributed by atoms with van der Waals surface area (Å²) in [5.74, 6) is -0.639. The third-order valence-corrected chi connectivity index (χ3v) is 1.21. The Hall–Kier alpha value is -1.58. The molecule has 3 nitrogen and oxygen atoms in total. The Balaban J connectivity index is 2.93. The van der Waals surface area contributed by atoms with Crippen LogP contribution in [0.3, 0.4) is 0 Å². The van der Waals surface area contributed by atoms with Crippen LogP contribution in [0.1, 0.15) is 5.56 Å². The van der Waals surface area contributed by atoms with Gasteiger partial charge in [-0.25, -0.2) is 4.39 Å². The third-order valence-electron chi connectivity index (χ3n) is 1.21. The molecule has 0 aliphatic rings. The molecule has 64 valence electrons. The monoisotopic (exact) mass is 169 g/mol. The molecule has 0 radical (unpaired) electrons. The van der Waals surface area contributed by atoms with Gasteiger partial charge in [-0.3, -0.25) is 0 Å². The first-order valence-corrected chi connectivity index (χ1v) is 3.28. The van der Waals surface area contributed by atoms with Crippen molar-refractivity contribution in [2.45, 2.75) is 0 Å². The molecule has 12 heavy (non-hydrogen) atoms. The summed E-state index contributed by atoms with van der Waals surface area (Å²) >= 11 is 0. The van der Waals surface area contributed by atoms with Crippen LogP contribution in [0, 0.1) is 5.82 Å². The van der Waals surface area contributed by atoms with Gasteiger partial charge in [-0.15, -0.1) is 0 Å². The van der Waals surface area contributed by atoms with Crippen molar-refractivity contribution < 1.29 is 14.3 Å². The maximum Gasteiger partial charge on any atom is 0.127 e. The van der Waals surface area contributed by atoms with Gasteiger partial charge in [-0.2, -0.15) is 0 Å². The normalized spacial score (nSPS) is 10.5. The van der Waals surface area contributed by atoms with Crippen LogP contribution in [0.5, 0.6) is 5.75 Å². The SMILES string of the molecule is CO/N=C/c1cc(O)cc(F)c1. The number of aromatic hydroxyl groups is 1. The molecule has 1 rings (SSSR count). The summed E-state index contributed by atoms with van der Waals surface area (Å²) in [6.45, 7) is 0. The Morgan fingerprint density at radius 2 is 2.25 bits per heavy atom. The van der Waals surface area contributed by atoms with E-state index in [4.69, 9.17) is 5.11 Å². The molecule has 0 saturated heterocycles. The summed E-state index contributed by atoms with van der Waals surface area (Å²) in [6, 6.07) is 3.64. The van der Waals surface area contributed by atoms with Gasteiger partial charge < -0.3 is 9.94 Å². The van der Waals surface area contributed by atoms with Crippen molar-refractivity contribution in [1.29, 1.82) is 0 Å². The fourth-order valence-electron chi connectivity index (χ4n) is 0.784.